The van der Waals surface area contributed by atoms with E-state index in [4.69, 9.17) is 0 Å². The molecule has 118 valence electrons. The van der Waals surface area contributed by atoms with E-state index in [-0.39, 0.29) is 11.3 Å². The average Bonchev–Trinajstić information content (AvgIpc) is 3.04. The van der Waals surface area contributed by atoms with Crippen molar-refractivity contribution in [2.24, 2.45) is 5.10 Å². The van der Waals surface area contributed by atoms with Gasteiger partial charge < -0.3 is 5.11 Å². The van der Waals surface area contributed by atoms with Gasteiger partial charge in [-0.15, -0.1) is 0 Å². The summed E-state index contributed by atoms with van der Waals surface area (Å²) in [4.78, 5) is 34.3. The number of aliphatic carboxylic acids is 1. The lowest BCUT2D eigenvalue weighted by atomic mass is 10.0. The van der Waals surface area contributed by atoms with E-state index < -0.39 is 23.2 Å². The van der Waals surface area contributed by atoms with Crippen LogP contribution in [0.1, 0.15) is 12.0 Å². The molecule has 1 fully saturated rings. The van der Waals surface area contributed by atoms with Crippen LogP contribution in [-0.4, -0.2) is 39.0 Å². The maximum absolute atomic E-state index is 11.6. The Morgan fingerprint density at radius 2 is 2.09 bits per heavy atom. The molecule has 0 saturated carbocycles. The number of rotatable bonds is 3. The molecule has 2 aliphatic rings. The normalized spacial score (nSPS) is 22.5. The van der Waals surface area contributed by atoms with Crippen LogP contribution in [0.3, 0.4) is 0 Å². The van der Waals surface area contributed by atoms with Crippen LogP contribution in [0.4, 0.5) is 4.79 Å². The van der Waals surface area contributed by atoms with Crippen LogP contribution in [0.15, 0.2) is 44.9 Å². The van der Waals surface area contributed by atoms with E-state index in [1.165, 1.54) is 11.2 Å². The van der Waals surface area contributed by atoms with E-state index >= 15 is 0 Å². The quantitative estimate of drug-likeness (QED) is 0.760. The molecule has 0 aliphatic carbocycles. The van der Waals surface area contributed by atoms with E-state index in [1.54, 1.807) is 0 Å². The molecule has 9 heteroatoms. The van der Waals surface area contributed by atoms with Gasteiger partial charge in [0.2, 0.25) is 0 Å². The molecular formula is C14H10BrN3O4S. The zero-order chi connectivity index (χ0) is 16.6. The number of amides is 2. The molecule has 2 N–H and O–H groups in total. The molecule has 1 unspecified atom stereocenters. The standard InChI is InChI=1S/C14H10BrN3O4S/c15-8-3-1-7(2-4-8)9-5-10(13(20)21)18(17-9)6-11-12(19)16-14(22)23-11/h1-4,6,10H,5H2,(H,20,21)(H,16,19,22)/b11-6-. The summed E-state index contributed by atoms with van der Waals surface area (Å²) in [5, 5.41) is 16.5. The second kappa shape index (κ2) is 6.17. The number of carbonyl (C=O) groups excluding carboxylic acids is 2. The Morgan fingerprint density at radius 1 is 1.39 bits per heavy atom. The van der Waals surface area contributed by atoms with Crippen LogP contribution in [0.2, 0.25) is 0 Å². The third-order valence-corrected chi connectivity index (χ3v) is 4.62. The number of halogens is 1. The summed E-state index contributed by atoms with van der Waals surface area (Å²) < 4.78 is 0.908. The van der Waals surface area contributed by atoms with Crippen LogP contribution < -0.4 is 5.32 Å². The summed E-state index contributed by atoms with van der Waals surface area (Å²) in [5.41, 5.74) is 1.41. The van der Waals surface area contributed by atoms with Gasteiger partial charge in [0.15, 0.2) is 6.04 Å². The lowest BCUT2D eigenvalue weighted by molar-refractivity contribution is -0.141. The Bertz CT molecular complexity index is 760. The number of hydrogen-bond acceptors (Lipinski definition) is 6. The van der Waals surface area contributed by atoms with E-state index in [0.29, 0.717) is 5.71 Å². The highest BCUT2D eigenvalue weighted by molar-refractivity contribution is 9.10. The number of nitrogens with zero attached hydrogens (tertiary/aromatic N) is 2. The summed E-state index contributed by atoms with van der Waals surface area (Å²) in [6.07, 6.45) is 1.51. The maximum atomic E-state index is 11.6. The SMILES string of the molecule is O=C1NC(=O)/C(=C/N2N=C(c3ccc(Br)cc3)CC2C(=O)O)S1. The zero-order valence-electron chi connectivity index (χ0n) is 11.5. The first kappa shape index (κ1) is 15.8. The summed E-state index contributed by atoms with van der Waals surface area (Å²) in [6.45, 7) is 0. The van der Waals surface area contributed by atoms with Crippen molar-refractivity contribution in [1.82, 2.24) is 10.3 Å². The number of imide groups is 1. The number of benzene rings is 1. The van der Waals surface area contributed by atoms with Crippen molar-refractivity contribution in [1.29, 1.82) is 0 Å². The van der Waals surface area contributed by atoms with Gasteiger partial charge in [-0.3, -0.25) is 19.9 Å². The Morgan fingerprint density at radius 3 is 2.65 bits per heavy atom. The molecule has 0 aromatic heterocycles. The molecule has 23 heavy (non-hydrogen) atoms. The fourth-order valence-corrected chi connectivity index (χ4v) is 3.11. The molecular weight excluding hydrogens is 386 g/mol. The second-order valence-electron chi connectivity index (χ2n) is 4.83. The van der Waals surface area contributed by atoms with E-state index in [1.807, 2.05) is 24.3 Å². The first-order chi connectivity index (χ1) is 10.9. The minimum Gasteiger partial charge on any atom is -0.480 e. The van der Waals surface area contributed by atoms with Crippen molar-refractivity contribution in [2.75, 3.05) is 0 Å². The molecule has 0 spiro atoms. The molecule has 2 aliphatic heterocycles. The van der Waals surface area contributed by atoms with Gasteiger partial charge in [-0.2, -0.15) is 5.10 Å². The van der Waals surface area contributed by atoms with E-state index in [0.717, 1.165) is 21.8 Å². The van der Waals surface area contributed by atoms with Crippen molar-refractivity contribution in [3.05, 3.63) is 45.4 Å². The molecule has 2 heterocycles. The molecule has 7 nitrogen and oxygen atoms in total. The van der Waals surface area contributed by atoms with Gasteiger partial charge >= 0.3 is 5.97 Å². The minimum absolute atomic E-state index is 0.127. The molecule has 3 rings (SSSR count). The number of carboxylic acid groups (broad SMARTS) is 1. The summed E-state index contributed by atoms with van der Waals surface area (Å²) in [5.74, 6) is -1.59. The Hall–Kier alpha value is -2.13. The zero-order valence-corrected chi connectivity index (χ0v) is 13.9. The number of carboxylic acids is 1. The summed E-state index contributed by atoms with van der Waals surface area (Å²) in [7, 11) is 0. The average molecular weight is 396 g/mol. The molecule has 0 radical (unpaired) electrons. The number of nitrogens with one attached hydrogen (secondary N) is 1. The van der Waals surface area contributed by atoms with E-state index in [2.05, 4.69) is 26.3 Å². The third kappa shape index (κ3) is 3.30. The van der Waals surface area contributed by atoms with Gasteiger partial charge in [-0.1, -0.05) is 28.1 Å². The minimum atomic E-state index is -1.05. The number of carbonyl (C=O) groups is 3. The van der Waals surface area contributed by atoms with Crippen LogP contribution in [-0.2, 0) is 9.59 Å². The van der Waals surface area contributed by atoms with Gasteiger partial charge in [-0.05, 0) is 29.5 Å². The topological polar surface area (TPSA) is 99.1 Å². The molecule has 2 amide bonds. The smallest absolute Gasteiger partial charge is 0.328 e. The van der Waals surface area contributed by atoms with Crippen LogP contribution in [0, 0.1) is 0 Å². The highest BCUT2D eigenvalue weighted by Crippen LogP contribution is 2.28. The predicted molar refractivity (Wildman–Crippen MR) is 87.8 cm³/mol. The molecule has 1 atom stereocenters. The first-order valence-corrected chi connectivity index (χ1v) is 8.14. The van der Waals surface area contributed by atoms with Crippen LogP contribution >= 0.6 is 27.7 Å². The summed E-state index contributed by atoms with van der Waals surface area (Å²) >= 11 is 4.06. The fraction of sp³-hybridized carbons (Fsp3) is 0.143. The molecule has 1 saturated heterocycles. The Labute approximate surface area is 143 Å². The van der Waals surface area contributed by atoms with Gasteiger partial charge in [0.05, 0.1) is 5.71 Å². The van der Waals surface area contributed by atoms with Gasteiger partial charge in [-0.25, -0.2) is 4.79 Å². The largest absolute Gasteiger partial charge is 0.480 e. The van der Waals surface area contributed by atoms with Crippen molar-refractivity contribution in [3.8, 4) is 0 Å². The highest BCUT2D eigenvalue weighted by Gasteiger charge is 2.34. The summed E-state index contributed by atoms with van der Waals surface area (Å²) in [6, 6.07) is 6.43. The Kier molecular flexibility index (Phi) is 4.22. The number of hydrogen-bond donors (Lipinski definition) is 2. The fourth-order valence-electron chi connectivity index (χ4n) is 2.19. The number of thioether (sulfide) groups is 1. The molecule has 0 bridgehead atoms. The molecule has 1 aromatic carbocycles. The number of hydrazone groups is 1. The van der Waals surface area contributed by atoms with Crippen LogP contribution in [0.25, 0.3) is 0 Å². The van der Waals surface area contributed by atoms with Crippen LogP contribution in [0.5, 0.6) is 0 Å². The lowest BCUT2D eigenvalue weighted by Gasteiger charge is -2.15. The monoisotopic (exact) mass is 395 g/mol. The van der Waals surface area contributed by atoms with Gasteiger partial charge in [0.25, 0.3) is 11.1 Å². The molecule has 1 aromatic rings. The maximum Gasteiger partial charge on any atom is 0.328 e. The van der Waals surface area contributed by atoms with Crippen molar-refractivity contribution >= 4 is 50.5 Å². The van der Waals surface area contributed by atoms with Gasteiger partial charge in [0, 0.05) is 17.1 Å². The second-order valence-corrected chi connectivity index (χ2v) is 6.76. The van der Waals surface area contributed by atoms with Crippen molar-refractivity contribution < 1.29 is 19.5 Å². The lowest BCUT2D eigenvalue weighted by Crippen LogP contribution is -2.31. The van der Waals surface area contributed by atoms with Crippen molar-refractivity contribution in [3.63, 3.8) is 0 Å². The van der Waals surface area contributed by atoms with Crippen molar-refractivity contribution in [2.45, 2.75) is 12.5 Å². The van der Waals surface area contributed by atoms with Gasteiger partial charge in [0.1, 0.15) is 4.91 Å². The Balaban J connectivity index is 1.91. The van der Waals surface area contributed by atoms with E-state index in [9.17, 15) is 19.5 Å². The predicted octanol–water partition coefficient (Wildman–Crippen LogP) is 2.14. The first-order valence-electron chi connectivity index (χ1n) is 6.53. The highest BCUT2D eigenvalue weighted by atomic mass is 79.9. The third-order valence-electron chi connectivity index (χ3n) is 3.30.